The van der Waals surface area contributed by atoms with Crippen LogP contribution in [0, 0.1) is 5.82 Å². The Morgan fingerprint density at radius 3 is 2.36 bits per heavy atom. The van der Waals surface area contributed by atoms with Crippen molar-refractivity contribution in [2.75, 3.05) is 44.2 Å². The Balaban J connectivity index is 1.50. The average molecular weight is 423 g/mol. The maximum atomic E-state index is 14.1. The molecule has 28 heavy (non-hydrogen) atoms. The van der Waals surface area contributed by atoms with Crippen molar-refractivity contribution < 1.29 is 12.8 Å². The number of rotatable bonds is 3. The molecule has 6 nitrogen and oxygen atoms in total. The molecule has 2 aromatic rings. The largest absolute Gasteiger partial charge is 0.368 e. The Bertz CT molecular complexity index is 1010. The summed E-state index contributed by atoms with van der Waals surface area (Å²) in [6.07, 6.45) is 0. The van der Waals surface area contributed by atoms with Gasteiger partial charge in [0.15, 0.2) is 0 Å². The van der Waals surface area contributed by atoms with Crippen molar-refractivity contribution in [1.29, 1.82) is 0 Å². The van der Waals surface area contributed by atoms with Gasteiger partial charge in [-0.3, -0.25) is 4.99 Å². The predicted octanol–water partition coefficient (Wildman–Crippen LogP) is 2.66. The first-order valence-electron chi connectivity index (χ1n) is 9.04. The van der Waals surface area contributed by atoms with Crippen LogP contribution in [0.5, 0.6) is 0 Å². The van der Waals surface area contributed by atoms with E-state index in [2.05, 4.69) is 9.89 Å². The second kappa shape index (κ2) is 7.60. The third-order valence-electron chi connectivity index (χ3n) is 4.92. The molecule has 1 fully saturated rings. The number of anilines is 1. The van der Waals surface area contributed by atoms with Crippen LogP contribution < -0.4 is 4.90 Å². The van der Waals surface area contributed by atoms with Crippen LogP contribution in [0.3, 0.4) is 0 Å². The lowest BCUT2D eigenvalue weighted by molar-refractivity contribution is 0.358. The third kappa shape index (κ3) is 3.54. The van der Waals surface area contributed by atoms with Crippen LogP contribution in [0.1, 0.15) is 0 Å². The van der Waals surface area contributed by atoms with Crippen molar-refractivity contribution in [3.63, 3.8) is 0 Å². The summed E-state index contributed by atoms with van der Waals surface area (Å²) < 4.78 is 41.3. The highest BCUT2D eigenvalue weighted by atomic mass is 35.5. The highest BCUT2D eigenvalue weighted by Crippen LogP contribution is 2.25. The number of nitrogens with zero attached hydrogens (tertiary/aromatic N) is 4. The molecular weight excluding hydrogens is 403 g/mol. The Morgan fingerprint density at radius 1 is 0.929 bits per heavy atom. The fourth-order valence-electron chi connectivity index (χ4n) is 3.52. The van der Waals surface area contributed by atoms with E-state index in [1.54, 1.807) is 0 Å². The van der Waals surface area contributed by atoms with Gasteiger partial charge in [-0.1, -0.05) is 29.8 Å². The van der Waals surface area contributed by atoms with Gasteiger partial charge >= 0.3 is 0 Å². The summed E-state index contributed by atoms with van der Waals surface area (Å²) in [5.74, 6) is -0.353. The summed E-state index contributed by atoms with van der Waals surface area (Å²) >= 11 is 6.08. The molecular formula is C19H20ClFN4O2S. The number of piperazine rings is 1. The highest BCUT2D eigenvalue weighted by molar-refractivity contribution is 7.89. The Morgan fingerprint density at radius 2 is 1.64 bits per heavy atom. The summed E-state index contributed by atoms with van der Waals surface area (Å²) in [5, 5.41) is 0.683. The molecule has 1 saturated heterocycles. The summed E-state index contributed by atoms with van der Waals surface area (Å²) in [4.78, 5) is 8.24. The van der Waals surface area contributed by atoms with Crippen LogP contribution >= 0.6 is 11.6 Å². The zero-order valence-electron chi connectivity index (χ0n) is 15.1. The van der Waals surface area contributed by atoms with Crippen molar-refractivity contribution >= 4 is 33.3 Å². The van der Waals surface area contributed by atoms with E-state index in [1.165, 1.54) is 22.5 Å². The second-order valence-corrected chi connectivity index (χ2v) is 8.91. The zero-order valence-corrected chi connectivity index (χ0v) is 16.7. The molecule has 9 heteroatoms. The molecule has 0 bridgehead atoms. The molecule has 0 amide bonds. The summed E-state index contributed by atoms with van der Waals surface area (Å²) in [7, 11) is -3.98. The van der Waals surface area contributed by atoms with Crippen LogP contribution in [0.15, 0.2) is 58.4 Å². The lowest BCUT2D eigenvalue weighted by Crippen LogP contribution is -2.53. The van der Waals surface area contributed by atoms with Gasteiger partial charge in [0.25, 0.3) is 10.0 Å². The minimum Gasteiger partial charge on any atom is -0.368 e. The fraction of sp³-hybridized carbons (Fsp3) is 0.316. The molecule has 0 radical (unpaired) electrons. The predicted molar refractivity (Wildman–Crippen MR) is 108 cm³/mol. The molecule has 0 aromatic heterocycles. The van der Waals surface area contributed by atoms with E-state index >= 15 is 0 Å². The van der Waals surface area contributed by atoms with E-state index in [9.17, 15) is 12.8 Å². The van der Waals surface area contributed by atoms with Crippen LogP contribution in [0.4, 0.5) is 10.1 Å². The van der Waals surface area contributed by atoms with Crippen LogP contribution in [0.25, 0.3) is 0 Å². The van der Waals surface area contributed by atoms with E-state index in [4.69, 9.17) is 11.6 Å². The first kappa shape index (κ1) is 19.0. The van der Waals surface area contributed by atoms with Crippen molar-refractivity contribution in [3.8, 4) is 0 Å². The molecule has 2 aliphatic heterocycles. The van der Waals surface area contributed by atoms with Gasteiger partial charge in [0.05, 0.1) is 13.1 Å². The first-order chi connectivity index (χ1) is 13.5. The second-order valence-electron chi connectivity index (χ2n) is 6.64. The normalized spacial score (nSPS) is 17.8. The standard InChI is InChI=1S/C19H20ClFN4O2S/c20-15-4-3-5-16(14-15)23-10-12-24(13-11-23)19-22-8-9-25(19)28(26,27)18-7-2-1-6-17(18)21/h1-7,14H,8-13H2. The van der Waals surface area contributed by atoms with E-state index in [0.29, 0.717) is 43.7 Å². The number of hydrogen-bond acceptors (Lipinski definition) is 5. The highest BCUT2D eigenvalue weighted by Gasteiger charge is 2.36. The first-order valence-corrected chi connectivity index (χ1v) is 10.9. The number of sulfonamides is 1. The number of guanidine groups is 1. The maximum absolute atomic E-state index is 14.1. The molecule has 148 valence electrons. The van der Waals surface area contributed by atoms with Crippen molar-refractivity contribution in [3.05, 3.63) is 59.4 Å². The summed E-state index contributed by atoms with van der Waals surface area (Å²) in [6, 6.07) is 13.1. The minimum absolute atomic E-state index is 0.223. The molecule has 0 N–H and O–H groups in total. The SMILES string of the molecule is O=S(=O)(c1ccccc1F)N1CCN=C1N1CCN(c2cccc(Cl)c2)CC1. The van der Waals surface area contributed by atoms with Crippen LogP contribution in [-0.4, -0.2) is 62.9 Å². The van der Waals surface area contributed by atoms with Crippen molar-refractivity contribution in [2.45, 2.75) is 4.90 Å². The molecule has 0 atom stereocenters. The molecule has 0 unspecified atom stereocenters. The molecule has 2 aromatic carbocycles. The van der Waals surface area contributed by atoms with Crippen molar-refractivity contribution in [1.82, 2.24) is 9.21 Å². The molecule has 0 saturated carbocycles. The van der Waals surface area contributed by atoms with Crippen molar-refractivity contribution in [2.24, 2.45) is 4.99 Å². The van der Waals surface area contributed by atoms with Gasteiger partial charge in [0.1, 0.15) is 10.7 Å². The molecule has 2 aliphatic rings. The monoisotopic (exact) mass is 422 g/mol. The zero-order chi connectivity index (χ0) is 19.7. The smallest absolute Gasteiger partial charge is 0.269 e. The fourth-order valence-corrected chi connectivity index (χ4v) is 5.21. The number of halogens is 2. The average Bonchev–Trinajstić information content (AvgIpc) is 3.19. The van der Waals surface area contributed by atoms with Gasteiger partial charge in [-0.2, -0.15) is 0 Å². The number of aliphatic imine (C=N–C) groups is 1. The molecule has 0 aliphatic carbocycles. The van der Waals surface area contributed by atoms with Gasteiger partial charge in [-0.05, 0) is 30.3 Å². The third-order valence-corrected chi connectivity index (χ3v) is 6.97. The van der Waals surface area contributed by atoms with E-state index in [0.717, 1.165) is 11.8 Å². The van der Waals surface area contributed by atoms with E-state index in [1.807, 2.05) is 29.2 Å². The Hall–Kier alpha value is -2.32. The Kier molecular flexibility index (Phi) is 5.16. The van der Waals surface area contributed by atoms with Crippen LogP contribution in [-0.2, 0) is 10.0 Å². The van der Waals surface area contributed by atoms with Gasteiger partial charge in [-0.15, -0.1) is 0 Å². The summed E-state index contributed by atoms with van der Waals surface area (Å²) in [6.45, 7) is 3.27. The van der Waals surface area contributed by atoms with Gasteiger partial charge in [0, 0.05) is 36.9 Å². The maximum Gasteiger partial charge on any atom is 0.269 e. The van der Waals surface area contributed by atoms with Gasteiger partial charge < -0.3 is 9.80 Å². The van der Waals surface area contributed by atoms with Gasteiger partial charge in [0.2, 0.25) is 5.96 Å². The lowest BCUT2D eigenvalue weighted by Gasteiger charge is -2.38. The van der Waals surface area contributed by atoms with Gasteiger partial charge in [-0.25, -0.2) is 17.1 Å². The van der Waals surface area contributed by atoms with E-state index < -0.39 is 15.8 Å². The lowest BCUT2D eigenvalue weighted by atomic mass is 10.2. The molecule has 0 spiro atoms. The topological polar surface area (TPSA) is 56.2 Å². The Labute approximate surface area is 168 Å². The van der Waals surface area contributed by atoms with E-state index in [-0.39, 0.29) is 11.4 Å². The molecule has 4 rings (SSSR count). The summed E-state index contributed by atoms with van der Waals surface area (Å²) in [5.41, 5.74) is 1.04. The quantitative estimate of drug-likeness (QED) is 0.763. The van der Waals surface area contributed by atoms with Crippen LogP contribution in [0.2, 0.25) is 5.02 Å². The number of hydrogen-bond donors (Lipinski definition) is 0. The minimum atomic E-state index is -3.98. The number of benzene rings is 2. The molecule has 2 heterocycles.